The Morgan fingerprint density at radius 2 is 1.64 bits per heavy atom. The van der Waals surface area contributed by atoms with Crippen molar-refractivity contribution in [2.75, 3.05) is 65.4 Å². The first kappa shape index (κ1) is 15.4. The molecule has 0 atom stereocenters. The molecular formula is C18H34N4. The Bertz CT molecular complexity index is 357. The van der Waals surface area contributed by atoms with E-state index in [1.165, 1.54) is 91.1 Å². The van der Waals surface area contributed by atoms with Crippen LogP contribution in [0.5, 0.6) is 0 Å². The van der Waals surface area contributed by atoms with Crippen molar-refractivity contribution in [1.82, 2.24) is 20.0 Å². The summed E-state index contributed by atoms with van der Waals surface area (Å²) in [7, 11) is 0. The van der Waals surface area contributed by atoms with Gasteiger partial charge in [-0.2, -0.15) is 0 Å². The van der Waals surface area contributed by atoms with Crippen molar-refractivity contribution in [1.29, 1.82) is 0 Å². The molecule has 1 saturated carbocycles. The van der Waals surface area contributed by atoms with Crippen molar-refractivity contribution < 1.29 is 0 Å². The molecule has 4 heteroatoms. The van der Waals surface area contributed by atoms with Gasteiger partial charge in [0.05, 0.1) is 0 Å². The summed E-state index contributed by atoms with van der Waals surface area (Å²) in [5.74, 6) is 0.948. The van der Waals surface area contributed by atoms with Crippen LogP contribution in [0.1, 0.15) is 32.6 Å². The van der Waals surface area contributed by atoms with Crippen LogP contribution in [-0.4, -0.2) is 86.2 Å². The van der Waals surface area contributed by atoms with E-state index in [1.54, 1.807) is 0 Å². The topological polar surface area (TPSA) is 21.8 Å². The lowest BCUT2D eigenvalue weighted by molar-refractivity contribution is -0.0583. The Morgan fingerprint density at radius 1 is 0.955 bits per heavy atom. The first-order valence-corrected chi connectivity index (χ1v) is 9.66. The summed E-state index contributed by atoms with van der Waals surface area (Å²) in [6, 6.07) is 0.898. The molecule has 1 aliphatic carbocycles. The van der Waals surface area contributed by atoms with Gasteiger partial charge >= 0.3 is 0 Å². The van der Waals surface area contributed by atoms with Gasteiger partial charge in [-0.15, -0.1) is 0 Å². The van der Waals surface area contributed by atoms with Gasteiger partial charge in [0, 0.05) is 64.9 Å². The summed E-state index contributed by atoms with van der Waals surface area (Å²) >= 11 is 0. The third-order valence-corrected chi connectivity index (χ3v) is 6.89. The predicted molar refractivity (Wildman–Crippen MR) is 91.2 cm³/mol. The lowest BCUT2D eigenvalue weighted by atomic mass is 9.67. The van der Waals surface area contributed by atoms with Crippen molar-refractivity contribution >= 4 is 0 Å². The lowest BCUT2D eigenvalue weighted by Gasteiger charge is -2.56. The maximum Gasteiger partial charge on any atom is 0.0113 e. The van der Waals surface area contributed by atoms with Gasteiger partial charge in [0.15, 0.2) is 0 Å². The van der Waals surface area contributed by atoms with Gasteiger partial charge in [-0.25, -0.2) is 0 Å². The fraction of sp³-hybridized carbons (Fsp3) is 1.00. The van der Waals surface area contributed by atoms with Crippen molar-refractivity contribution in [2.45, 2.75) is 38.6 Å². The minimum atomic E-state index is 0.721. The van der Waals surface area contributed by atoms with Gasteiger partial charge in [0.2, 0.25) is 0 Å². The maximum absolute atomic E-state index is 3.40. The highest BCUT2D eigenvalue weighted by atomic mass is 15.3. The van der Waals surface area contributed by atoms with Crippen molar-refractivity contribution in [3.63, 3.8) is 0 Å². The van der Waals surface area contributed by atoms with Gasteiger partial charge in [0.1, 0.15) is 0 Å². The summed E-state index contributed by atoms with van der Waals surface area (Å²) in [6.45, 7) is 15.4. The van der Waals surface area contributed by atoms with Crippen LogP contribution in [0.3, 0.4) is 0 Å². The number of likely N-dealkylation sites (N-methyl/N-ethyl adjacent to an activating group) is 1. The van der Waals surface area contributed by atoms with Crippen LogP contribution in [-0.2, 0) is 0 Å². The minimum Gasteiger partial charge on any atom is -0.316 e. The predicted octanol–water partition coefficient (Wildman–Crippen LogP) is 1.09. The average molecular weight is 306 g/mol. The van der Waals surface area contributed by atoms with Crippen molar-refractivity contribution in [3.05, 3.63) is 0 Å². The Morgan fingerprint density at radius 3 is 2.18 bits per heavy atom. The highest BCUT2D eigenvalue weighted by Gasteiger charge is 2.46. The zero-order valence-corrected chi connectivity index (χ0v) is 14.4. The Hall–Kier alpha value is -0.160. The lowest BCUT2D eigenvalue weighted by Crippen LogP contribution is -2.62. The molecule has 3 aliphatic heterocycles. The number of nitrogens with zero attached hydrogens (tertiary/aromatic N) is 3. The largest absolute Gasteiger partial charge is 0.316 e. The summed E-state index contributed by atoms with van der Waals surface area (Å²) < 4.78 is 0. The van der Waals surface area contributed by atoms with E-state index >= 15 is 0 Å². The third-order valence-electron chi connectivity index (χ3n) is 6.89. The van der Waals surface area contributed by atoms with E-state index in [0.717, 1.165) is 17.4 Å². The van der Waals surface area contributed by atoms with Crippen LogP contribution in [0.2, 0.25) is 0 Å². The van der Waals surface area contributed by atoms with Crippen LogP contribution in [0.15, 0.2) is 0 Å². The zero-order valence-electron chi connectivity index (χ0n) is 14.4. The van der Waals surface area contributed by atoms with Crippen molar-refractivity contribution in [3.8, 4) is 0 Å². The molecule has 0 aromatic carbocycles. The molecule has 0 amide bonds. The molecule has 4 rings (SSSR count). The van der Waals surface area contributed by atoms with E-state index in [1.807, 2.05) is 0 Å². The summed E-state index contributed by atoms with van der Waals surface area (Å²) in [5.41, 5.74) is 0.721. The number of hydrogen-bond donors (Lipinski definition) is 1. The van der Waals surface area contributed by atoms with E-state index in [0.29, 0.717) is 0 Å². The Kier molecular flexibility index (Phi) is 4.46. The standard InChI is InChI=1S/C18H34N4/c1-2-20-7-9-22(10-8-20)17-3-5-18(6-4-17)14-21(15-18)13-16-11-19-12-16/h16-17,19H,2-15H2,1H3. The molecule has 4 fully saturated rings. The van der Waals surface area contributed by atoms with E-state index in [9.17, 15) is 0 Å². The van der Waals surface area contributed by atoms with Crippen molar-refractivity contribution in [2.24, 2.45) is 11.3 Å². The molecule has 4 aliphatic rings. The molecule has 0 aromatic heterocycles. The zero-order chi connectivity index (χ0) is 15.0. The van der Waals surface area contributed by atoms with E-state index in [-0.39, 0.29) is 0 Å². The molecule has 1 N–H and O–H groups in total. The van der Waals surface area contributed by atoms with Gasteiger partial charge in [0.25, 0.3) is 0 Å². The average Bonchev–Trinajstić information content (AvgIpc) is 2.49. The SMILES string of the molecule is CCN1CCN(C2CCC3(CC2)CN(CC2CNC2)C3)CC1. The monoisotopic (exact) mass is 306 g/mol. The molecular weight excluding hydrogens is 272 g/mol. The molecule has 4 nitrogen and oxygen atoms in total. The van der Waals surface area contributed by atoms with Crippen LogP contribution >= 0.6 is 0 Å². The second-order valence-electron chi connectivity index (χ2n) is 8.40. The molecule has 1 spiro atoms. The highest BCUT2D eigenvalue weighted by Crippen LogP contribution is 2.45. The number of piperazine rings is 1. The highest BCUT2D eigenvalue weighted by molar-refractivity contribution is 5.00. The van der Waals surface area contributed by atoms with Crippen LogP contribution in [0.25, 0.3) is 0 Å². The molecule has 0 aromatic rings. The van der Waals surface area contributed by atoms with E-state index in [4.69, 9.17) is 0 Å². The fourth-order valence-electron chi connectivity index (χ4n) is 5.22. The summed E-state index contributed by atoms with van der Waals surface area (Å²) in [4.78, 5) is 8.13. The quantitative estimate of drug-likeness (QED) is 0.839. The maximum atomic E-state index is 3.40. The smallest absolute Gasteiger partial charge is 0.0113 e. The summed E-state index contributed by atoms with van der Waals surface area (Å²) in [5, 5.41) is 3.40. The molecule has 0 bridgehead atoms. The molecule has 126 valence electrons. The first-order chi connectivity index (χ1) is 10.8. The van der Waals surface area contributed by atoms with Crippen LogP contribution in [0, 0.1) is 11.3 Å². The number of rotatable bonds is 4. The van der Waals surface area contributed by atoms with Crippen LogP contribution < -0.4 is 5.32 Å². The molecule has 0 radical (unpaired) electrons. The second-order valence-corrected chi connectivity index (χ2v) is 8.40. The Labute approximate surface area is 136 Å². The molecule has 0 unspecified atom stereocenters. The molecule has 22 heavy (non-hydrogen) atoms. The molecule has 3 heterocycles. The first-order valence-electron chi connectivity index (χ1n) is 9.66. The Balaban J connectivity index is 1.19. The van der Waals surface area contributed by atoms with E-state index < -0.39 is 0 Å². The number of likely N-dealkylation sites (tertiary alicyclic amines) is 1. The van der Waals surface area contributed by atoms with Gasteiger partial charge < -0.3 is 15.1 Å². The third kappa shape index (κ3) is 3.08. The van der Waals surface area contributed by atoms with Gasteiger partial charge in [-0.3, -0.25) is 4.90 Å². The van der Waals surface area contributed by atoms with Gasteiger partial charge in [-0.05, 0) is 43.6 Å². The number of nitrogens with one attached hydrogen (secondary N) is 1. The second kappa shape index (κ2) is 6.39. The molecule has 3 saturated heterocycles. The normalized spacial score (nSPS) is 32.0. The summed E-state index contributed by atoms with van der Waals surface area (Å²) in [6.07, 6.45) is 5.91. The van der Waals surface area contributed by atoms with E-state index in [2.05, 4.69) is 26.9 Å². The minimum absolute atomic E-state index is 0.721. The van der Waals surface area contributed by atoms with Gasteiger partial charge in [-0.1, -0.05) is 6.92 Å². The fourth-order valence-corrected chi connectivity index (χ4v) is 5.22. The number of hydrogen-bond acceptors (Lipinski definition) is 4. The van der Waals surface area contributed by atoms with Crippen LogP contribution in [0.4, 0.5) is 0 Å².